The normalized spacial score (nSPS) is 35.9. The second-order valence-corrected chi connectivity index (χ2v) is 12.6. The molecule has 6 heteroatoms. The van der Waals surface area contributed by atoms with Gasteiger partial charge in [-0.3, -0.25) is 14.7 Å². The summed E-state index contributed by atoms with van der Waals surface area (Å²) in [5, 5.41) is 1.24. The highest BCUT2D eigenvalue weighted by atomic mass is 35.5. The molecule has 1 aromatic rings. The molecule has 1 aliphatic heterocycles. The molecule has 4 bridgehead atoms. The van der Waals surface area contributed by atoms with Crippen molar-refractivity contribution in [2.45, 2.75) is 95.8 Å². The van der Waals surface area contributed by atoms with Gasteiger partial charge in [0.2, 0.25) is 5.91 Å². The van der Waals surface area contributed by atoms with Crippen molar-refractivity contribution in [2.75, 3.05) is 10.7 Å². The molecule has 5 aliphatic carbocycles. The number of amidine groups is 1. The van der Waals surface area contributed by atoms with Crippen molar-refractivity contribution >= 4 is 40.9 Å². The van der Waals surface area contributed by atoms with E-state index in [0.29, 0.717) is 12.0 Å². The van der Waals surface area contributed by atoms with Crippen LogP contribution in [-0.2, 0) is 4.79 Å². The van der Waals surface area contributed by atoms with Crippen LogP contribution in [0, 0.1) is 17.8 Å². The highest BCUT2D eigenvalue weighted by Gasteiger charge is 2.53. The number of hydrogen-bond donors (Lipinski definition) is 0. The first kappa shape index (κ1) is 23.5. The van der Waals surface area contributed by atoms with E-state index >= 15 is 0 Å². The Bertz CT molecular complexity index is 891. The van der Waals surface area contributed by atoms with Crippen molar-refractivity contribution in [1.82, 2.24) is 4.90 Å². The number of aliphatic imine (C=N–C) groups is 1. The largest absolute Gasteiger partial charge is 0.327 e. The SMILES string of the molecule is CC(=O)N(c1ccc(C(C)C)cc1)C1CSC(=NC23CC4CC(CC(C4)C2)C3)N1C1CC1.Cl. The summed E-state index contributed by atoms with van der Waals surface area (Å²) in [7, 11) is 0. The van der Waals surface area contributed by atoms with E-state index < -0.39 is 0 Å². The Kier molecular flexibility index (Phi) is 6.27. The van der Waals surface area contributed by atoms with Crippen LogP contribution < -0.4 is 4.90 Å². The summed E-state index contributed by atoms with van der Waals surface area (Å²) in [6.07, 6.45) is 10.8. The van der Waals surface area contributed by atoms with E-state index in [-0.39, 0.29) is 30.0 Å². The number of carbonyl (C=O) groups excluding carboxylic acids is 1. The third-order valence-corrected chi connectivity index (χ3v) is 9.68. The van der Waals surface area contributed by atoms with Crippen LogP contribution in [0.2, 0.25) is 0 Å². The van der Waals surface area contributed by atoms with E-state index in [9.17, 15) is 4.79 Å². The third kappa shape index (κ3) is 4.33. The predicted octanol–water partition coefficient (Wildman–Crippen LogP) is 6.45. The first-order valence-electron chi connectivity index (χ1n) is 12.8. The molecule has 6 fully saturated rings. The molecule has 5 saturated carbocycles. The van der Waals surface area contributed by atoms with Gasteiger partial charge in [0.1, 0.15) is 6.17 Å². The molecule has 1 heterocycles. The van der Waals surface area contributed by atoms with Crippen LogP contribution in [0.5, 0.6) is 0 Å². The maximum Gasteiger partial charge on any atom is 0.225 e. The molecule has 1 saturated heterocycles. The Labute approximate surface area is 209 Å². The van der Waals surface area contributed by atoms with Crippen molar-refractivity contribution in [3.8, 4) is 0 Å². The lowest BCUT2D eigenvalue weighted by molar-refractivity contribution is -0.117. The zero-order valence-corrected chi connectivity index (χ0v) is 21.8. The molecule has 1 unspecified atom stereocenters. The summed E-state index contributed by atoms with van der Waals surface area (Å²) in [5.74, 6) is 4.29. The highest BCUT2D eigenvalue weighted by Crippen LogP contribution is 2.58. The molecule has 4 nitrogen and oxygen atoms in total. The summed E-state index contributed by atoms with van der Waals surface area (Å²) >= 11 is 1.91. The maximum absolute atomic E-state index is 12.9. The first-order chi connectivity index (χ1) is 15.4. The number of amides is 1. The van der Waals surface area contributed by atoms with Gasteiger partial charge in [0, 0.05) is 24.4 Å². The molecule has 1 atom stereocenters. The predicted molar refractivity (Wildman–Crippen MR) is 140 cm³/mol. The van der Waals surface area contributed by atoms with Crippen LogP contribution in [0.25, 0.3) is 0 Å². The number of benzene rings is 1. The van der Waals surface area contributed by atoms with Crippen LogP contribution in [0.4, 0.5) is 5.69 Å². The molecule has 0 spiro atoms. The number of halogens is 1. The monoisotopic (exact) mass is 487 g/mol. The van der Waals surface area contributed by atoms with Gasteiger partial charge in [-0.1, -0.05) is 37.7 Å². The fourth-order valence-electron chi connectivity index (χ4n) is 7.46. The van der Waals surface area contributed by atoms with Gasteiger partial charge >= 0.3 is 0 Å². The minimum absolute atomic E-state index is 0. The Morgan fingerprint density at radius 1 is 1.06 bits per heavy atom. The number of carbonyl (C=O) groups is 1. The fraction of sp³-hybridized carbons (Fsp3) is 0.704. The summed E-state index contributed by atoms with van der Waals surface area (Å²) in [6.45, 7) is 6.15. The average Bonchev–Trinajstić information content (AvgIpc) is 3.49. The van der Waals surface area contributed by atoms with Crippen LogP contribution in [-0.4, -0.2) is 39.5 Å². The van der Waals surface area contributed by atoms with Gasteiger partial charge in [-0.25, -0.2) is 0 Å². The molecule has 0 aromatic heterocycles. The lowest BCUT2D eigenvalue weighted by atomic mass is 9.53. The molecule has 7 rings (SSSR count). The van der Waals surface area contributed by atoms with E-state index in [2.05, 4.69) is 43.0 Å². The minimum atomic E-state index is 0. The van der Waals surface area contributed by atoms with Crippen molar-refractivity contribution in [3.63, 3.8) is 0 Å². The van der Waals surface area contributed by atoms with Gasteiger partial charge in [0.05, 0.1) is 5.54 Å². The molecular weight excluding hydrogens is 450 g/mol. The van der Waals surface area contributed by atoms with Gasteiger partial charge < -0.3 is 4.90 Å². The summed E-state index contributed by atoms with van der Waals surface area (Å²) < 4.78 is 0. The second kappa shape index (κ2) is 8.78. The summed E-state index contributed by atoms with van der Waals surface area (Å²) in [5.41, 5.74) is 2.54. The summed E-state index contributed by atoms with van der Waals surface area (Å²) in [6, 6.07) is 9.20. The zero-order valence-electron chi connectivity index (χ0n) is 20.2. The van der Waals surface area contributed by atoms with Gasteiger partial charge in [0.25, 0.3) is 0 Å². The minimum Gasteiger partial charge on any atom is -0.327 e. The van der Waals surface area contributed by atoms with E-state index in [0.717, 1.165) is 29.2 Å². The Morgan fingerprint density at radius 2 is 1.64 bits per heavy atom. The molecule has 1 amide bonds. The number of rotatable bonds is 5. The summed E-state index contributed by atoms with van der Waals surface area (Å²) in [4.78, 5) is 23.1. The van der Waals surface area contributed by atoms with E-state index in [1.165, 1.54) is 62.1 Å². The van der Waals surface area contributed by atoms with Crippen LogP contribution >= 0.6 is 24.2 Å². The van der Waals surface area contributed by atoms with Crippen LogP contribution in [0.3, 0.4) is 0 Å². The third-order valence-electron chi connectivity index (χ3n) is 8.66. The lowest BCUT2D eigenvalue weighted by Crippen LogP contribution is -2.53. The van der Waals surface area contributed by atoms with Gasteiger partial charge in [-0.05, 0) is 92.7 Å². The average molecular weight is 488 g/mol. The molecule has 180 valence electrons. The van der Waals surface area contributed by atoms with Crippen molar-refractivity contribution < 1.29 is 4.79 Å². The number of anilines is 1. The number of nitrogens with zero attached hydrogens (tertiary/aromatic N) is 3. The highest BCUT2D eigenvalue weighted by molar-refractivity contribution is 8.14. The van der Waals surface area contributed by atoms with Crippen LogP contribution in [0.1, 0.15) is 83.6 Å². The molecule has 0 N–H and O–H groups in total. The topological polar surface area (TPSA) is 35.9 Å². The Morgan fingerprint density at radius 3 is 2.12 bits per heavy atom. The maximum atomic E-state index is 12.9. The zero-order chi connectivity index (χ0) is 22.0. The van der Waals surface area contributed by atoms with E-state index in [4.69, 9.17) is 4.99 Å². The van der Waals surface area contributed by atoms with Gasteiger partial charge in [-0.2, -0.15) is 0 Å². The van der Waals surface area contributed by atoms with Crippen molar-refractivity contribution in [2.24, 2.45) is 22.7 Å². The smallest absolute Gasteiger partial charge is 0.225 e. The van der Waals surface area contributed by atoms with E-state index in [1.54, 1.807) is 6.92 Å². The van der Waals surface area contributed by atoms with Crippen molar-refractivity contribution in [3.05, 3.63) is 29.8 Å². The Balaban J connectivity index is 0.00000228. The lowest BCUT2D eigenvalue weighted by Gasteiger charge is -2.55. The Hall–Kier alpha value is -1.20. The molecule has 1 aromatic carbocycles. The van der Waals surface area contributed by atoms with Crippen LogP contribution in [0.15, 0.2) is 29.3 Å². The number of hydrogen-bond acceptors (Lipinski definition) is 3. The quantitative estimate of drug-likeness (QED) is 0.479. The molecular formula is C27H38ClN3OS. The molecule has 33 heavy (non-hydrogen) atoms. The number of thioether (sulfide) groups is 1. The first-order valence-corrected chi connectivity index (χ1v) is 13.8. The van der Waals surface area contributed by atoms with E-state index in [1.807, 2.05) is 16.7 Å². The molecule has 6 aliphatic rings. The second-order valence-electron chi connectivity index (χ2n) is 11.6. The van der Waals surface area contributed by atoms with Gasteiger partial charge in [-0.15, -0.1) is 12.4 Å². The fourth-order valence-corrected chi connectivity index (χ4v) is 8.75. The van der Waals surface area contributed by atoms with Gasteiger partial charge in [0.15, 0.2) is 5.17 Å². The van der Waals surface area contributed by atoms with Crippen molar-refractivity contribution in [1.29, 1.82) is 0 Å². The molecule has 0 radical (unpaired) electrons. The standard InChI is InChI=1S/C27H37N3OS.ClH/c1-17(2)22-4-6-23(7-5-22)29(18(3)31)25-16-32-26(30(25)24-8-9-24)28-27-13-19-10-20(14-27)12-21(11-19)15-27;/h4-7,17,19-21,24-25H,8-16H2,1-3H3;1H.